The van der Waals surface area contributed by atoms with E-state index in [9.17, 15) is 4.79 Å². The van der Waals surface area contributed by atoms with Crippen LogP contribution in [0, 0.1) is 0 Å². The maximum Gasteiger partial charge on any atom is 0.226 e. The molecule has 5 nitrogen and oxygen atoms in total. The van der Waals surface area contributed by atoms with Gasteiger partial charge in [-0.25, -0.2) is 4.98 Å². The minimum Gasteiger partial charge on any atom is -0.350 e. The van der Waals surface area contributed by atoms with Gasteiger partial charge in [0.05, 0.1) is 12.1 Å². The van der Waals surface area contributed by atoms with E-state index in [4.69, 9.17) is 5.73 Å². The molecule has 0 unspecified atom stereocenters. The largest absolute Gasteiger partial charge is 0.350 e. The van der Waals surface area contributed by atoms with Crippen molar-refractivity contribution in [2.75, 3.05) is 6.54 Å². The van der Waals surface area contributed by atoms with Crippen molar-refractivity contribution in [1.29, 1.82) is 0 Å². The van der Waals surface area contributed by atoms with Crippen LogP contribution in [0.25, 0.3) is 5.65 Å². The molecular formula is C13H20Cl2N4O. The van der Waals surface area contributed by atoms with Crippen molar-refractivity contribution < 1.29 is 4.79 Å². The van der Waals surface area contributed by atoms with E-state index in [1.54, 1.807) is 0 Å². The van der Waals surface area contributed by atoms with Crippen molar-refractivity contribution in [3.8, 4) is 0 Å². The molecule has 0 radical (unpaired) electrons. The van der Waals surface area contributed by atoms with Gasteiger partial charge in [0.15, 0.2) is 0 Å². The van der Waals surface area contributed by atoms with Crippen molar-refractivity contribution in [2.24, 2.45) is 5.73 Å². The molecule has 2 aromatic rings. The molecule has 0 aliphatic carbocycles. The predicted molar refractivity (Wildman–Crippen MR) is 84.7 cm³/mol. The van der Waals surface area contributed by atoms with Crippen molar-refractivity contribution in [2.45, 2.75) is 25.8 Å². The summed E-state index contributed by atoms with van der Waals surface area (Å²) in [5, 5.41) is 2.89. The molecule has 0 saturated carbocycles. The van der Waals surface area contributed by atoms with Gasteiger partial charge in [0.2, 0.25) is 5.91 Å². The highest BCUT2D eigenvalue weighted by molar-refractivity contribution is 5.85. The zero-order chi connectivity index (χ0) is 13.2. The molecule has 0 bridgehead atoms. The summed E-state index contributed by atoms with van der Waals surface area (Å²) >= 11 is 0. The van der Waals surface area contributed by atoms with Crippen molar-refractivity contribution in [1.82, 2.24) is 14.7 Å². The fraction of sp³-hybridized carbons (Fsp3) is 0.385. The number of hydrogen-bond donors (Lipinski definition) is 2. The molecule has 7 heteroatoms. The third-order valence-corrected chi connectivity index (χ3v) is 2.74. The Labute approximate surface area is 130 Å². The SMILES string of the molecule is CC(C)(CN)NC(=O)Cc1cn2ccccc2n1.Cl.Cl. The van der Waals surface area contributed by atoms with E-state index in [0.29, 0.717) is 6.54 Å². The lowest BCUT2D eigenvalue weighted by Crippen LogP contribution is -2.49. The number of hydrogen-bond acceptors (Lipinski definition) is 3. The molecule has 20 heavy (non-hydrogen) atoms. The smallest absolute Gasteiger partial charge is 0.226 e. The number of amides is 1. The van der Waals surface area contributed by atoms with E-state index in [2.05, 4.69) is 10.3 Å². The molecular weight excluding hydrogens is 299 g/mol. The van der Waals surface area contributed by atoms with Gasteiger partial charge in [0.25, 0.3) is 0 Å². The average Bonchev–Trinajstić information content (AvgIpc) is 2.70. The maximum absolute atomic E-state index is 11.8. The number of rotatable bonds is 4. The summed E-state index contributed by atoms with van der Waals surface area (Å²) in [6.07, 6.45) is 4.04. The Balaban J connectivity index is 0.00000180. The lowest BCUT2D eigenvalue weighted by Gasteiger charge is -2.23. The van der Waals surface area contributed by atoms with Crippen LogP contribution in [0.5, 0.6) is 0 Å². The normalized spacial score (nSPS) is 10.6. The number of aromatic nitrogens is 2. The van der Waals surface area contributed by atoms with Crippen LogP contribution in [-0.4, -0.2) is 27.4 Å². The van der Waals surface area contributed by atoms with Crippen molar-refractivity contribution >= 4 is 36.4 Å². The second kappa shape index (κ2) is 7.47. The Morgan fingerprint density at radius 2 is 2.10 bits per heavy atom. The Hall–Kier alpha value is -1.30. The zero-order valence-electron chi connectivity index (χ0n) is 11.5. The van der Waals surface area contributed by atoms with Crippen LogP contribution in [0.2, 0.25) is 0 Å². The number of imidazole rings is 1. The molecule has 0 atom stereocenters. The number of nitrogens with zero attached hydrogens (tertiary/aromatic N) is 2. The molecule has 2 heterocycles. The lowest BCUT2D eigenvalue weighted by atomic mass is 10.1. The van der Waals surface area contributed by atoms with Crippen LogP contribution < -0.4 is 11.1 Å². The van der Waals surface area contributed by atoms with Gasteiger partial charge in [-0.3, -0.25) is 4.79 Å². The fourth-order valence-corrected chi connectivity index (χ4v) is 1.71. The van der Waals surface area contributed by atoms with Gasteiger partial charge in [0.1, 0.15) is 5.65 Å². The molecule has 1 amide bonds. The van der Waals surface area contributed by atoms with Gasteiger partial charge in [0, 0.05) is 24.5 Å². The van der Waals surface area contributed by atoms with Crippen molar-refractivity contribution in [3.05, 3.63) is 36.3 Å². The molecule has 2 aromatic heterocycles. The third-order valence-electron chi connectivity index (χ3n) is 2.74. The second-order valence-corrected chi connectivity index (χ2v) is 5.01. The highest BCUT2D eigenvalue weighted by Gasteiger charge is 2.18. The summed E-state index contributed by atoms with van der Waals surface area (Å²) < 4.78 is 1.90. The molecule has 0 spiro atoms. The van der Waals surface area contributed by atoms with Gasteiger partial charge >= 0.3 is 0 Å². The lowest BCUT2D eigenvalue weighted by molar-refractivity contribution is -0.121. The topological polar surface area (TPSA) is 72.4 Å². The molecule has 2 rings (SSSR count). The molecule has 0 aliphatic rings. The first-order valence-electron chi connectivity index (χ1n) is 5.94. The van der Waals surface area contributed by atoms with E-state index >= 15 is 0 Å². The molecule has 0 fully saturated rings. The highest BCUT2D eigenvalue weighted by Crippen LogP contribution is 2.06. The number of halogens is 2. The maximum atomic E-state index is 11.8. The Morgan fingerprint density at radius 3 is 2.70 bits per heavy atom. The summed E-state index contributed by atoms with van der Waals surface area (Å²) in [4.78, 5) is 16.2. The van der Waals surface area contributed by atoms with E-state index in [-0.39, 0.29) is 42.7 Å². The number of carbonyl (C=O) groups excluding carboxylic acids is 1. The summed E-state index contributed by atoms with van der Waals surface area (Å²) in [6.45, 7) is 4.20. The van der Waals surface area contributed by atoms with Crippen LogP contribution in [0.15, 0.2) is 30.6 Å². The van der Waals surface area contributed by atoms with E-state index < -0.39 is 0 Å². The van der Waals surface area contributed by atoms with Crippen LogP contribution in [0.3, 0.4) is 0 Å². The number of carbonyl (C=O) groups is 1. The molecule has 3 N–H and O–H groups in total. The van der Waals surface area contributed by atoms with Gasteiger partial charge in [-0.2, -0.15) is 0 Å². The minimum atomic E-state index is -0.379. The molecule has 112 valence electrons. The Morgan fingerprint density at radius 1 is 1.40 bits per heavy atom. The Bertz CT molecular complexity index is 535. The van der Waals surface area contributed by atoms with Gasteiger partial charge < -0.3 is 15.5 Å². The number of nitrogens with two attached hydrogens (primary N) is 1. The minimum absolute atomic E-state index is 0. The number of nitrogens with one attached hydrogen (secondary N) is 1. The van der Waals surface area contributed by atoms with Gasteiger partial charge in [-0.1, -0.05) is 6.07 Å². The first-order valence-corrected chi connectivity index (χ1v) is 5.94. The molecule has 0 aliphatic heterocycles. The molecule has 0 aromatic carbocycles. The summed E-state index contributed by atoms with van der Waals surface area (Å²) in [5.74, 6) is -0.0612. The Kier molecular flexibility index (Phi) is 6.99. The third kappa shape index (κ3) is 4.67. The average molecular weight is 319 g/mol. The first-order chi connectivity index (χ1) is 8.50. The standard InChI is InChI=1S/C13H18N4O.2ClH/c1-13(2,9-14)16-12(18)7-10-8-17-6-4-3-5-11(17)15-10;;/h3-6,8H,7,9,14H2,1-2H3,(H,16,18);2*1H. The van der Waals surface area contributed by atoms with Crippen LogP contribution in [0.1, 0.15) is 19.5 Å². The predicted octanol–water partition coefficient (Wildman–Crippen LogP) is 1.57. The first kappa shape index (κ1) is 18.7. The number of pyridine rings is 1. The summed E-state index contributed by atoms with van der Waals surface area (Å²) in [7, 11) is 0. The van der Waals surface area contributed by atoms with Crippen LogP contribution >= 0.6 is 24.8 Å². The quantitative estimate of drug-likeness (QED) is 0.898. The van der Waals surface area contributed by atoms with Crippen LogP contribution in [0.4, 0.5) is 0 Å². The highest BCUT2D eigenvalue weighted by atomic mass is 35.5. The van der Waals surface area contributed by atoms with E-state index in [1.165, 1.54) is 0 Å². The zero-order valence-corrected chi connectivity index (χ0v) is 13.1. The van der Waals surface area contributed by atoms with Gasteiger partial charge in [-0.15, -0.1) is 24.8 Å². The fourth-order valence-electron chi connectivity index (χ4n) is 1.71. The van der Waals surface area contributed by atoms with Crippen LogP contribution in [-0.2, 0) is 11.2 Å². The van der Waals surface area contributed by atoms with Crippen molar-refractivity contribution in [3.63, 3.8) is 0 Å². The number of fused-ring (bicyclic) bond motifs is 1. The molecule has 0 saturated heterocycles. The second-order valence-electron chi connectivity index (χ2n) is 5.01. The summed E-state index contributed by atoms with van der Waals surface area (Å²) in [6, 6.07) is 5.75. The van der Waals surface area contributed by atoms with Gasteiger partial charge in [-0.05, 0) is 26.0 Å². The monoisotopic (exact) mass is 318 g/mol. The van der Waals surface area contributed by atoms with E-state index in [1.807, 2.05) is 48.8 Å². The summed E-state index contributed by atoms with van der Waals surface area (Å²) in [5.41, 5.74) is 6.80. The van der Waals surface area contributed by atoms with E-state index in [0.717, 1.165) is 11.3 Å².